The molecule has 1 N–H and O–H groups in total. The summed E-state index contributed by atoms with van der Waals surface area (Å²) in [6, 6.07) is 8.69. The Morgan fingerprint density at radius 1 is 0.850 bits per heavy atom. The number of aryl methyl sites for hydroxylation is 2. The number of anilines is 1. The lowest BCUT2D eigenvalue weighted by atomic mass is 9.75. The average Bonchev–Trinajstić information content (AvgIpc) is 3.13. The van der Waals surface area contributed by atoms with Crippen molar-refractivity contribution in [1.82, 2.24) is 19.1 Å². The molecular weight excluding hydrogens is 498 g/mol. The largest absolute Gasteiger partial charge is 0.381 e. The molecule has 1 saturated heterocycles. The van der Waals surface area contributed by atoms with Gasteiger partial charge in [-0.25, -0.2) is 14.8 Å². The van der Waals surface area contributed by atoms with Crippen molar-refractivity contribution in [2.75, 3.05) is 18.5 Å². The second kappa shape index (κ2) is 12.3. The molecule has 0 atom stereocenters. The third-order valence-electron chi connectivity index (χ3n) is 9.84. The van der Waals surface area contributed by atoms with Crippen molar-refractivity contribution in [3.8, 4) is 17.1 Å². The maximum atomic E-state index is 13.9. The molecule has 3 aliphatic rings. The van der Waals surface area contributed by atoms with E-state index >= 15 is 0 Å². The number of imidazole rings is 1. The van der Waals surface area contributed by atoms with Gasteiger partial charge in [0.1, 0.15) is 0 Å². The molecule has 0 spiro atoms. The SMILES string of the molecule is Cc1ccc(-n2c(-c3ccnc(N[C@H]4CC[C@H](C5CCCCCC5)CC4)n3)cn(C3CCOCC3)c2=O)cc1C. The molecule has 7 nitrogen and oxygen atoms in total. The van der Waals surface area contributed by atoms with Crippen molar-refractivity contribution in [2.45, 2.75) is 103 Å². The minimum Gasteiger partial charge on any atom is -0.381 e. The van der Waals surface area contributed by atoms with Gasteiger partial charge in [0.2, 0.25) is 5.95 Å². The number of hydrogen-bond donors (Lipinski definition) is 1. The molecule has 1 aliphatic heterocycles. The van der Waals surface area contributed by atoms with E-state index < -0.39 is 0 Å². The summed E-state index contributed by atoms with van der Waals surface area (Å²) >= 11 is 0. The summed E-state index contributed by atoms with van der Waals surface area (Å²) in [4.78, 5) is 23.4. The van der Waals surface area contributed by atoms with Gasteiger partial charge in [0, 0.05) is 37.7 Å². The summed E-state index contributed by atoms with van der Waals surface area (Å²) in [5, 5.41) is 3.65. The highest BCUT2D eigenvalue weighted by molar-refractivity contribution is 5.59. The number of ether oxygens (including phenoxy) is 1. The molecule has 3 heterocycles. The molecule has 0 unspecified atom stereocenters. The summed E-state index contributed by atoms with van der Waals surface area (Å²) < 4.78 is 9.30. The molecular formula is C33H45N5O2. The van der Waals surface area contributed by atoms with Gasteiger partial charge < -0.3 is 10.1 Å². The predicted molar refractivity (Wildman–Crippen MR) is 160 cm³/mol. The highest BCUT2D eigenvalue weighted by Gasteiger charge is 2.29. The Balaban J connectivity index is 1.24. The van der Waals surface area contributed by atoms with E-state index in [2.05, 4.69) is 36.3 Å². The van der Waals surface area contributed by atoms with Crippen LogP contribution in [0.2, 0.25) is 0 Å². The van der Waals surface area contributed by atoms with Gasteiger partial charge >= 0.3 is 5.69 Å². The van der Waals surface area contributed by atoms with Crippen molar-refractivity contribution in [3.63, 3.8) is 0 Å². The van der Waals surface area contributed by atoms with Crippen LogP contribution in [0.1, 0.15) is 94.2 Å². The van der Waals surface area contributed by atoms with Crippen LogP contribution in [0.15, 0.2) is 41.5 Å². The van der Waals surface area contributed by atoms with Crippen LogP contribution in [0.25, 0.3) is 17.1 Å². The van der Waals surface area contributed by atoms with Crippen LogP contribution in [0, 0.1) is 25.7 Å². The van der Waals surface area contributed by atoms with Crippen LogP contribution < -0.4 is 11.0 Å². The molecule has 1 aromatic carbocycles. The fraction of sp³-hybridized carbons (Fsp3) is 0.606. The molecule has 40 heavy (non-hydrogen) atoms. The maximum Gasteiger partial charge on any atom is 0.333 e. The monoisotopic (exact) mass is 543 g/mol. The van der Waals surface area contributed by atoms with Crippen LogP contribution in [-0.2, 0) is 4.74 Å². The fourth-order valence-electron chi connectivity index (χ4n) is 7.25. The Kier molecular flexibility index (Phi) is 8.38. The molecule has 2 aromatic heterocycles. The van der Waals surface area contributed by atoms with E-state index in [0.29, 0.717) is 25.2 Å². The molecule has 0 amide bonds. The van der Waals surface area contributed by atoms with E-state index in [4.69, 9.17) is 9.72 Å². The van der Waals surface area contributed by atoms with Crippen molar-refractivity contribution >= 4 is 5.95 Å². The third-order valence-corrected chi connectivity index (χ3v) is 9.84. The van der Waals surface area contributed by atoms with Gasteiger partial charge in [0.25, 0.3) is 0 Å². The number of nitrogens with one attached hydrogen (secondary N) is 1. The van der Waals surface area contributed by atoms with E-state index in [1.165, 1.54) is 75.3 Å². The van der Waals surface area contributed by atoms with E-state index in [-0.39, 0.29) is 11.7 Å². The first-order valence-electron chi connectivity index (χ1n) is 15.7. The van der Waals surface area contributed by atoms with Crippen LogP contribution in [0.4, 0.5) is 5.95 Å². The van der Waals surface area contributed by atoms with Crippen molar-refractivity contribution in [2.24, 2.45) is 11.8 Å². The van der Waals surface area contributed by atoms with E-state index in [1.54, 1.807) is 0 Å². The second-order valence-corrected chi connectivity index (χ2v) is 12.4. The molecule has 0 bridgehead atoms. The quantitative estimate of drug-likeness (QED) is 0.339. The average molecular weight is 544 g/mol. The zero-order valence-electron chi connectivity index (χ0n) is 24.3. The van der Waals surface area contributed by atoms with Crippen LogP contribution in [0.3, 0.4) is 0 Å². The minimum atomic E-state index is -0.0184. The molecule has 7 heteroatoms. The molecule has 3 aromatic rings. The first kappa shape index (κ1) is 27.3. The summed E-state index contributed by atoms with van der Waals surface area (Å²) in [5.74, 6) is 2.49. The van der Waals surface area contributed by atoms with Crippen molar-refractivity contribution in [3.05, 3.63) is 58.3 Å². The maximum absolute atomic E-state index is 13.9. The highest BCUT2D eigenvalue weighted by Crippen LogP contribution is 2.38. The van der Waals surface area contributed by atoms with Crippen molar-refractivity contribution in [1.29, 1.82) is 0 Å². The Hall–Kier alpha value is -2.93. The Bertz CT molecular complexity index is 1340. The van der Waals surface area contributed by atoms with Crippen molar-refractivity contribution < 1.29 is 4.74 Å². The van der Waals surface area contributed by atoms with E-state index in [0.717, 1.165) is 41.8 Å². The van der Waals surface area contributed by atoms with Crippen LogP contribution in [0.5, 0.6) is 0 Å². The highest BCUT2D eigenvalue weighted by atomic mass is 16.5. The molecule has 2 saturated carbocycles. The normalized spacial score (nSPS) is 23.1. The lowest BCUT2D eigenvalue weighted by molar-refractivity contribution is 0.0686. The predicted octanol–water partition coefficient (Wildman–Crippen LogP) is 7.01. The minimum absolute atomic E-state index is 0.0184. The van der Waals surface area contributed by atoms with Gasteiger partial charge in [-0.2, -0.15) is 0 Å². The smallest absolute Gasteiger partial charge is 0.333 e. The first-order valence-corrected chi connectivity index (χ1v) is 15.7. The van der Waals surface area contributed by atoms with Gasteiger partial charge in [-0.3, -0.25) is 9.13 Å². The topological polar surface area (TPSA) is 74.0 Å². The van der Waals surface area contributed by atoms with Gasteiger partial charge in [-0.1, -0.05) is 44.6 Å². The fourth-order valence-corrected chi connectivity index (χ4v) is 7.25. The first-order chi connectivity index (χ1) is 19.6. The van der Waals surface area contributed by atoms with Gasteiger partial charge in [-0.15, -0.1) is 0 Å². The number of rotatable bonds is 6. The third kappa shape index (κ3) is 5.90. The zero-order chi connectivity index (χ0) is 27.5. The van der Waals surface area contributed by atoms with Gasteiger partial charge in [-0.05, 0) is 93.5 Å². The van der Waals surface area contributed by atoms with Crippen LogP contribution >= 0.6 is 0 Å². The van der Waals surface area contributed by atoms with E-state index in [1.807, 2.05) is 33.7 Å². The molecule has 6 rings (SSSR count). The van der Waals surface area contributed by atoms with E-state index in [9.17, 15) is 4.79 Å². The molecule has 3 fully saturated rings. The molecule has 0 radical (unpaired) electrons. The second-order valence-electron chi connectivity index (χ2n) is 12.4. The Morgan fingerprint density at radius 3 is 2.30 bits per heavy atom. The summed E-state index contributed by atoms with van der Waals surface area (Å²) in [5.41, 5.74) is 4.81. The Morgan fingerprint density at radius 2 is 1.57 bits per heavy atom. The summed E-state index contributed by atoms with van der Waals surface area (Å²) in [7, 11) is 0. The lowest BCUT2D eigenvalue weighted by Crippen LogP contribution is -2.30. The molecule has 214 valence electrons. The van der Waals surface area contributed by atoms with Crippen LogP contribution in [-0.4, -0.2) is 38.4 Å². The van der Waals surface area contributed by atoms with Gasteiger partial charge in [0.15, 0.2) is 0 Å². The number of nitrogens with zero attached hydrogens (tertiary/aromatic N) is 4. The number of aromatic nitrogens is 4. The standard InChI is InChI=1S/C33H45N5O2/c1-23-9-14-29(21-24(23)2)38-31(22-37(33(38)39)28-16-19-40-20-17-28)30-15-18-34-32(36-30)35-27-12-10-26(11-13-27)25-7-5-3-4-6-8-25/h9,14-15,18,21-22,25-28H,3-8,10-13,16-17,19-20H2,1-2H3,(H,34,35,36)/t26-,27-. The lowest BCUT2D eigenvalue weighted by Gasteiger charge is -2.34. The summed E-state index contributed by atoms with van der Waals surface area (Å²) in [6.45, 7) is 5.57. The summed E-state index contributed by atoms with van der Waals surface area (Å²) in [6.07, 6.45) is 19.1. The Labute approximate surface area is 238 Å². The molecule has 2 aliphatic carbocycles. The van der Waals surface area contributed by atoms with Gasteiger partial charge in [0.05, 0.1) is 17.1 Å². The zero-order valence-corrected chi connectivity index (χ0v) is 24.3. The number of benzene rings is 1. The number of hydrogen-bond acceptors (Lipinski definition) is 5.